The summed E-state index contributed by atoms with van der Waals surface area (Å²) in [6.45, 7) is -1.29. The SMILES string of the molecule is C[C@@]1(c2ccn(C(F)F)n2)C[C@H](C(=O)Nc2cnc(-c3ncccn3)c(C(F)(F)F)c2)c2cnc3cc(F)nn3c21. The van der Waals surface area contributed by atoms with E-state index in [1.807, 2.05) is 0 Å². The second-order valence-electron chi connectivity index (χ2n) is 9.53. The summed E-state index contributed by atoms with van der Waals surface area (Å²) >= 11 is 0. The lowest BCUT2D eigenvalue weighted by molar-refractivity contribution is -0.137. The van der Waals surface area contributed by atoms with Crippen LogP contribution in [-0.4, -0.2) is 45.2 Å². The van der Waals surface area contributed by atoms with Gasteiger partial charge in [0, 0.05) is 36.4 Å². The number of hydrogen-bond donors (Lipinski definition) is 1. The molecule has 0 radical (unpaired) electrons. The number of fused-ring (bicyclic) bond motifs is 3. The molecule has 10 nitrogen and oxygen atoms in total. The Labute approximate surface area is 226 Å². The number of rotatable bonds is 5. The highest BCUT2D eigenvalue weighted by atomic mass is 19.4. The third kappa shape index (κ3) is 4.44. The summed E-state index contributed by atoms with van der Waals surface area (Å²) < 4.78 is 84.1. The third-order valence-corrected chi connectivity index (χ3v) is 6.92. The topological polar surface area (TPSA) is 116 Å². The molecule has 0 fully saturated rings. The molecule has 16 heteroatoms. The number of hydrogen-bond acceptors (Lipinski definition) is 7. The van der Waals surface area contributed by atoms with Crippen LogP contribution in [0.4, 0.5) is 32.0 Å². The number of carbonyl (C=O) groups is 1. The minimum absolute atomic E-state index is 0.0494. The summed E-state index contributed by atoms with van der Waals surface area (Å²) in [5.74, 6) is -2.87. The first-order valence-electron chi connectivity index (χ1n) is 12.0. The Morgan fingerprint density at radius 2 is 1.85 bits per heavy atom. The molecule has 5 aromatic heterocycles. The molecule has 0 saturated heterocycles. The number of pyridine rings is 1. The van der Waals surface area contributed by atoms with E-state index in [4.69, 9.17) is 0 Å². The number of aromatic nitrogens is 8. The Morgan fingerprint density at radius 3 is 2.54 bits per heavy atom. The van der Waals surface area contributed by atoms with Crippen molar-refractivity contribution >= 4 is 17.2 Å². The number of alkyl halides is 5. The van der Waals surface area contributed by atoms with Crippen molar-refractivity contribution in [1.29, 1.82) is 0 Å². The van der Waals surface area contributed by atoms with Crippen LogP contribution in [0.3, 0.4) is 0 Å². The molecule has 0 unspecified atom stereocenters. The Kier molecular flexibility index (Phi) is 6.00. The molecule has 0 bridgehead atoms. The van der Waals surface area contributed by atoms with Gasteiger partial charge in [-0.1, -0.05) is 0 Å². The van der Waals surface area contributed by atoms with Crippen LogP contribution in [0.2, 0.25) is 0 Å². The van der Waals surface area contributed by atoms with Crippen LogP contribution in [0.1, 0.15) is 48.3 Å². The first-order valence-corrected chi connectivity index (χ1v) is 12.0. The maximum atomic E-state index is 14.1. The average molecular weight is 573 g/mol. The van der Waals surface area contributed by atoms with E-state index in [9.17, 15) is 31.1 Å². The van der Waals surface area contributed by atoms with Gasteiger partial charge in [-0.15, -0.1) is 5.10 Å². The monoisotopic (exact) mass is 573 g/mol. The maximum Gasteiger partial charge on any atom is 0.418 e. The molecule has 5 aromatic rings. The second-order valence-corrected chi connectivity index (χ2v) is 9.53. The predicted octanol–water partition coefficient (Wildman–Crippen LogP) is 4.76. The molecule has 41 heavy (non-hydrogen) atoms. The van der Waals surface area contributed by atoms with Gasteiger partial charge in [0.15, 0.2) is 11.5 Å². The standard InChI is InChI=1S/C25H17F6N9O/c1-24(16-3-6-39(37-16)23(27)28)9-13(14-11-34-18-8-17(26)38-40(18)20(14)24)22(41)36-12-7-15(25(29,30)31)19(35-10-12)21-32-4-2-5-33-21/h2-8,10-11,13,23H,9H2,1H3,(H,36,41)/t13-,24-/m0/s1. The molecule has 6 rings (SSSR count). The average Bonchev–Trinajstić information content (AvgIpc) is 3.64. The maximum absolute atomic E-state index is 14.1. The molecular formula is C25H17F6N9O. The van der Waals surface area contributed by atoms with Crippen molar-refractivity contribution in [3.63, 3.8) is 0 Å². The van der Waals surface area contributed by atoms with Gasteiger partial charge in [0.1, 0.15) is 5.69 Å². The minimum atomic E-state index is -4.84. The Balaban J connectivity index is 1.40. The fourth-order valence-electron chi connectivity index (χ4n) is 5.12. The quantitative estimate of drug-likeness (QED) is 0.302. The van der Waals surface area contributed by atoms with Crippen molar-refractivity contribution in [2.24, 2.45) is 0 Å². The second kappa shape index (κ2) is 9.35. The van der Waals surface area contributed by atoms with Crippen LogP contribution in [0.5, 0.6) is 0 Å². The molecule has 5 heterocycles. The van der Waals surface area contributed by atoms with Crippen LogP contribution in [0, 0.1) is 5.95 Å². The molecule has 1 aliphatic rings. The number of nitrogens with zero attached hydrogens (tertiary/aromatic N) is 8. The summed E-state index contributed by atoms with van der Waals surface area (Å²) in [4.78, 5) is 29.2. The Bertz CT molecular complexity index is 1790. The van der Waals surface area contributed by atoms with Crippen LogP contribution in [-0.2, 0) is 16.4 Å². The number of carbonyl (C=O) groups excluding carboxylic acids is 1. The normalized spacial score (nSPS) is 18.7. The van der Waals surface area contributed by atoms with E-state index in [2.05, 4.69) is 35.5 Å². The predicted molar refractivity (Wildman–Crippen MR) is 129 cm³/mol. The number of nitrogens with one attached hydrogen (secondary N) is 1. The molecule has 2 atom stereocenters. The molecule has 1 amide bonds. The zero-order valence-electron chi connectivity index (χ0n) is 20.8. The molecular weight excluding hydrogens is 556 g/mol. The van der Waals surface area contributed by atoms with E-state index in [0.717, 1.165) is 24.5 Å². The van der Waals surface area contributed by atoms with Crippen molar-refractivity contribution in [1.82, 2.24) is 39.3 Å². The lowest BCUT2D eigenvalue weighted by Crippen LogP contribution is -2.26. The van der Waals surface area contributed by atoms with Crippen LogP contribution in [0.25, 0.3) is 17.2 Å². The lowest BCUT2D eigenvalue weighted by Gasteiger charge is -2.23. The zero-order valence-corrected chi connectivity index (χ0v) is 20.8. The highest BCUT2D eigenvalue weighted by Crippen LogP contribution is 2.49. The van der Waals surface area contributed by atoms with Crippen LogP contribution in [0.15, 0.2) is 55.2 Å². The summed E-state index contributed by atoms with van der Waals surface area (Å²) in [6.07, 6.45) is 1.10. The number of amides is 1. The van der Waals surface area contributed by atoms with Crippen molar-refractivity contribution in [3.8, 4) is 11.5 Å². The molecule has 0 aliphatic heterocycles. The highest BCUT2D eigenvalue weighted by molar-refractivity contribution is 5.97. The lowest BCUT2D eigenvalue weighted by atomic mass is 9.82. The molecule has 210 valence electrons. The Hall–Kier alpha value is -4.89. The molecule has 0 spiro atoms. The molecule has 1 aliphatic carbocycles. The van der Waals surface area contributed by atoms with Crippen molar-refractivity contribution in [2.45, 2.75) is 37.4 Å². The fourth-order valence-corrected chi connectivity index (χ4v) is 5.12. The Morgan fingerprint density at radius 1 is 1.10 bits per heavy atom. The van der Waals surface area contributed by atoms with Crippen molar-refractivity contribution in [2.75, 3.05) is 5.32 Å². The van der Waals surface area contributed by atoms with Gasteiger partial charge in [-0.2, -0.15) is 31.4 Å². The van der Waals surface area contributed by atoms with E-state index >= 15 is 0 Å². The van der Waals surface area contributed by atoms with E-state index in [1.165, 1.54) is 35.2 Å². The smallest absolute Gasteiger partial charge is 0.324 e. The van der Waals surface area contributed by atoms with Crippen LogP contribution >= 0.6 is 0 Å². The van der Waals surface area contributed by atoms with Gasteiger partial charge in [-0.25, -0.2) is 24.1 Å². The first-order chi connectivity index (χ1) is 19.5. The summed E-state index contributed by atoms with van der Waals surface area (Å²) in [5.41, 5.74) is -2.31. The minimum Gasteiger partial charge on any atom is -0.324 e. The van der Waals surface area contributed by atoms with Gasteiger partial charge in [-0.3, -0.25) is 9.78 Å². The summed E-state index contributed by atoms with van der Waals surface area (Å²) in [7, 11) is 0. The van der Waals surface area contributed by atoms with E-state index in [0.29, 0.717) is 4.68 Å². The number of halogens is 6. The third-order valence-electron chi connectivity index (χ3n) is 6.92. The van der Waals surface area contributed by atoms with Gasteiger partial charge >= 0.3 is 12.7 Å². The molecule has 0 saturated carbocycles. The molecule has 0 aromatic carbocycles. The molecule has 1 N–H and O–H groups in total. The number of anilines is 1. The summed E-state index contributed by atoms with van der Waals surface area (Å²) in [6, 6.07) is 4.58. The van der Waals surface area contributed by atoms with Gasteiger partial charge in [-0.05, 0) is 31.5 Å². The van der Waals surface area contributed by atoms with Crippen molar-refractivity contribution < 1.29 is 31.1 Å². The van der Waals surface area contributed by atoms with Gasteiger partial charge in [0.2, 0.25) is 11.9 Å². The summed E-state index contributed by atoms with van der Waals surface area (Å²) in [5, 5.41) is 10.3. The zero-order chi connectivity index (χ0) is 29.1. The first kappa shape index (κ1) is 26.3. The largest absolute Gasteiger partial charge is 0.418 e. The van der Waals surface area contributed by atoms with E-state index in [-0.39, 0.29) is 40.5 Å². The van der Waals surface area contributed by atoms with Gasteiger partial charge in [0.05, 0.1) is 40.2 Å². The van der Waals surface area contributed by atoms with E-state index in [1.54, 1.807) is 6.92 Å². The highest BCUT2D eigenvalue weighted by Gasteiger charge is 2.49. The van der Waals surface area contributed by atoms with E-state index < -0.39 is 47.2 Å². The van der Waals surface area contributed by atoms with Crippen molar-refractivity contribution in [3.05, 3.63) is 83.7 Å². The van der Waals surface area contributed by atoms with Crippen LogP contribution < -0.4 is 5.32 Å². The fraction of sp³-hybridized carbons (Fsp3) is 0.240. The van der Waals surface area contributed by atoms with Gasteiger partial charge in [0.25, 0.3) is 0 Å². The van der Waals surface area contributed by atoms with Gasteiger partial charge < -0.3 is 5.32 Å².